The molecule has 1 atom stereocenters. The van der Waals surface area contributed by atoms with Crippen LogP contribution in [0, 0.1) is 5.92 Å². The quantitative estimate of drug-likeness (QED) is 0.780. The first-order valence-corrected chi connectivity index (χ1v) is 9.83. The Morgan fingerprint density at radius 3 is 2.00 bits per heavy atom. The SMILES string of the molecule is O=C1CCC2(C[C@H]1CN(Cc1ccccc1)Cc1ccccc1)OCCO2. The lowest BCUT2D eigenvalue weighted by Crippen LogP contribution is -2.44. The van der Waals surface area contributed by atoms with Crippen LogP contribution < -0.4 is 0 Å². The minimum Gasteiger partial charge on any atom is -0.347 e. The molecule has 1 aliphatic heterocycles. The maximum atomic E-state index is 12.6. The summed E-state index contributed by atoms with van der Waals surface area (Å²) in [5, 5.41) is 0. The fraction of sp³-hybridized carbons (Fsp3) is 0.435. The third kappa shape index (κ3) is 4.64. The van der Waals surface area contributed by atoms with Crippen molar-refractivity contribution in [2.45, 2.75) is 38.1 Å². The van der Waals surface area contributed by atoms with Crippen molar-refractivity contribution in [2.24, 2.45) is 5.92 Å². The smallest absolute Gasteiger partial charge is 0.169 e. The second kappa shape index (κ2) is 8.34. The van der Waals surface area contributed by atoms with Gasteiger partial charge in [0.05, 0.1) is 13.2 Å². The van der Waals surface area contributed by atoms with Crippen LogP contribution in [0.4, 0.5) is 0 Å². The van der Waals surface area contributed by atoms with Crippen LogP contribution in [-0.2, 0) is 27.4 Å². The molecule has 0 N–H and O–H groups in total. The molecule has 27 heavy (non-hydrogen) atoms. The van der Waals surface area contributed by atoms with Gasteiger partial charge in [-0.15, -0.1) is 0 Å². The number of hydrogen-bond donors (Lipinski definition) is 0. The number of ether oxygens (including phenoxy) is 2. The van der Waals surface area contributed by atoms with Crippen molar-refractivity contribution in [3.05, 3.63) is 71.8 Å². The van der Waals surface area contributed by atoms with Gasteiger partial charge in [-0.1, -0.05) is 60.7 Å². The van der Waals surface area contributed by atoms with Gasteiger partial charge in [-0.05, 0) is 11.1 Å². The minimum atomic E-state index is -0.524. The Bertz CT molecular complexity index is 699. The van der Waals surface area contributed by atoms with Crippen molar-refractivity contribution in [3.8, 4) is 0 Å². The van der Waals surface area contributed by atoms with Crippen molar-refractivity contribution in [1.29, 1.82) is 0 Å². The Morgan fingerprint density at radius 2 is 1.44 bits per heavy atom. The summed E-state index contributed by atoms with van der Waals surface area (Å²) in [6, 6.07) is 20.9. The predicted octanol–water partition coefficient (Wildman–Crippen LogP) is 3.80. The van der Waals surface area contributed by atoms with E-state index in [2.05, 4.69) is 53.4 Å². The number of benzene rings is 2. The maximum Gasteiger partial charge on any atom is 0.169 e. The molecule has 2 aromatic rings. The van der Waals surface area contributed by atoms with E-state index in [0.29, 0.717) is 38.3 Å². The first kappa shape index (κ1) is 18.4. The van der Waals surface area contributed by atoms with Crippen LogP contribution in [0.5, 0.6) is 0 Å². The summed E-state index contributed by atoms with van der Waals surface area (Å²) in [5.41, 5.74) is 2.53. The highest BCUT2D eigenvalue weighted by molar-refractivity contribution is 5.82. The lowest BCUT2D eigenvalue weighted by Gasteiger charge is -2.37. The lowest BCUT2D eigenvalue weighted by atomic mass is 9.83. The van der Waals surface area contributed by atoms with Gasteiger partial charge in [0.2, 0.25) is 0 Å². The zero-order valence-corrected chi connectivity index (χ0v) is 15.7. The molecule has 0 bridgehead atoms. The predicted molar refractivity (Wildman–Crippen MR) is 104 cm³/mol. The zero-order valence-electron chi connectivity index (χ0n) is 15.7. The standard InChI is InChI=1S/C23H27NO3/c25-22-11-12-23(26-13-14-27-23)15-21(22)18-24(16-19-7-3-1-4-8-19)17-20-9-5-2-6-10-20/h1-10,21H,11-18H2/t21-/m0/s1. The van der Waals surface area contributed by atoms with E-state index in [4.69, 9.17) is 9.47 Å². The van der Waals surface area contributed by atoms with Gasteiger partial charge in [-0.25, -0.2) is 0 Å². The van der Waals surface area contributed by atoms with Gasteiger partial charge in [0.25, 0.3) is 0 Å². The average Bonchev–Trinajstić information content (AvgIpc) is 3.14. The first-order valence-electron chi connectivity index (χ1n) is 9.83. The van der Waals surface area contributed by atoms with Crippen LogP contribution in [0.25, 0.3) is 0 Å². The molecule has 4 rings (SSSR count). The molecule has 0 amide bonds. The number of nitrogens with zero attached hydrogens (tertiary/aromatic N) is 1. The van der Waals surface area contributed by atoms with Crippen molar-refractivity contribution < 1.29 is 14.3 Å². The van der Waals surface area contributed by atoms with Gasteiger partial charge in [-0.2, -0.15) is 0 Å². The van der Waals surface area contributed by atoms with Crippen LogP contribution in [0.1, 0.15) is 30.4 Å². The van der Waals surface area contributed by atoms with Crippen LogP contribution in [0.3, 0.4) is 0 Å². The monoisotopic (exact) mass is 365 g/mol. The van der Waals surface area contributed by atoms with Crippen molar-refractivity contribution in [3.63, 3.8) is 0 Å². The Balaban J connectivity index is 1.49. The lowest BCUT2D eigenvalue weighted by molar-refractivity contribution is -0.190. The molecule has 1 saturated heterocycles. The molecule has 1 heterocycles. The van der Waals surface area contributed by atoms with Gasteiger partial charge >= 0.3 is 0 Å². The highest BCUT2D eigenvalue weighted by atomic mass is 16.7. The second-order valence-electron chi connectivity index (χ2n) is 7.62. The molecule has 2 fully saturated rings. The number of carbonyl (C=O) groups is 1. The van der Waals surface area contributed by atoms with Crippen LogP contribution >= 0.6 is 0 Å². The van der Waals surface area contributed by atoms with E-state index in [1.807, 2.05) is 12.1 Å². The second-order valence-corrected chi connectivity index (χ2v) is 7.62. The molecule has 0 unspecified atom stereocenters. The summed E-state index contributed by atoms with van der Waals surface area (Å²) in [4.78, 5) is 15.0. The molecule has 4 heteroatoms. The molecule has 0 aromatic heterocycles. The maximum absolute atomic E-state index is 12.6. The Labute approximate surface area is 161 Å². The van der Waals surface area contributed by atoms with E-state index in [-0.39, 0.29) is 5.92 Å². The summed E-state index contributed by atoms with van der Waals surface area (Å²) < 4.78 is 11.8. The van der Waals surface area contributed by atoms with Gasteiger partial charge < -0.3 is 9.47 Å². The molecule has 2 aromatic carbocycles. The summed E-state index contributed by atoms with van der Waals surface area (Å²) >= 11 is 0. The molecule has 1 saturated carbocycles. The fourth-order valence-corrected chi connectivity index (χ4v) is 4.21. The molecule has 2 aliphatic rings. The number of hydrogen-bond acceptors (Lipinski definition) is 4. The van der Waals surface area contributed by atoms with Gasteiger partial charge in [-0.3, -0.25) is 9.69 Å². The molecule has 142 valence electrons. The van der Waals surface area contributed by atoms with Gasteiger partial charge in [0, 0.05) is 44.8 Å². The summed E-state index contributed by atoms with van der Waals surface area (Å²) in [6.07, 6.45) is 1.92. The van der Waals surface area contributed by atoms with E-state index in [1.54, 1.807) is 0 Å². The highest BCUT2D eigenvalue weighted by Crippen LogP contribution is 2.37. The number of Topliss-reactive ketones (excluding diaryl/α,β-unsaturated/α-hetero) is 1. The average molecular weight is 365 g/mol. The van der Waals surface area contributed by atoms with Gasteiger partial charge in [0.1, 0.15) is 5.78 Å². The Kier molecular flexibility index (Phi) is 5.67. The van der Waals surface area contributed by atoms with Gasteiger partial charge in [0.15, 0.2) is 5.79 Å². The molecular formula is C23H27NO3. The zero-order chi connectivity index (χ0) is 18.5. The molecule has 1 spiro atoms. The molecule has 0 radical (unpaired) electrons. The van der Waals surface area contributed by atoms with Crippen molar-refractivity contribution in [1.82, 2.24) is 4.90 Å². The topological polar surface area (TPSA) is 38.8 Å². The molecule has 1 aliphatic carbocycles. The number of ketones is 1. The largest absolute Gasteiger partial charge is 0.347 e. The van der Waals surface area contributed by atoms with Crippen molar-refractivity contribution in [2.75, 3.05) is 19.8 Å². The van der Waals surface area contributed by atoms with Crippen LogP contribution in [0.2, 0.25) is 0 Å². The minimum absolute atomic E-state index is 0.0377. The first-order chi connectivity index (χ1) is 13.2. The summed E-state index contributed by atoms with van der Waals surface area (Å²) in [5.74, 6) is -0.223. The fourth-order valence-electron chi connectivity index (χ4n) is 4.21. The third-order valence-electron chi connectivity index (χ3n) is 5.56. The van der Waals surface area contributed by atoms with E-state index in [0.717, 1.165) is 19.6 Å². The highest BCUT2D eigenvalue weighted by Gasteiger charge is 2.44. The van der Waals surface area contributed by atoms with Crippen LogP contribution in [-0.4, -0.2) is 36.2 Å². The molecule has 4 nitrogen and oxygen atoms in total. The Morgan fingerprint density at radius 1 is 0.889 bits per heavy atom. The summed E-state index contributed by atoms with van der Waals surface area (Å²) in [7, 11) is 0. The third-order valence-corrected chi connectivity index (χ3v) is 5.56. The van der Waals surface area contributed by atoms with E-state index < -0.39 is 5.79 Å². The van der Waals surface area contributed by atoms with Crippen LogP contribution in [0.15, 0.2) is 60.7 Å². The summed E-state index contributed by atoms with van der Waals surface area (Å²) in [6.45, 7) is 3.66. The van der Waals surface area contributed by atoms with E-state index in [1.165, 1.54) is 11.1 Å². The van der Waals surface area contributed by atoms with Crippen molar-refractivity contribution >= 4 is 5.78 Å². The normalized spacial score (nSPS) is 21.8. The number of carbonyl (C=O) groups excluding carboxylic acids is 1. The van der Waals surface area contributed by atoms with E-state index in [9.17, 15) is 4.79 Å². The molecular weight excluding hydrogens is 338 g/mol. The van der Waals surface area contributed by atoms with E-state index >= 15 is 0 Å². The number of rotatable bonds is 6. The Hall–Kier alpha value is -2.01.